The molecular formula is C11H24N2O. The summed E-state index contributed by atoms with van der Waals surface area (Å²) in [6.45, 7) is 10.0. The highest BCUT2D eigenvalue weighted by molar-refractivity contribution is 5.77. The molecule has 0 bridgehead atoms. The topological polar surface area (TPSA) is 55.1 Å². The van der Waals surface area contributed by atoms with Crippen LogP contribution in [-0.2, 0) is 4.79 Å². The number of nitrogens with two attached hydrogens (primary N) is 1. The van der Waals surface area contributed by atoms with E-state index in [-0.39, 0.29) is 11.9 Å². The fourth-order valence-corrected chi connectivity index (χ4v) is 1.21. The lowest BCUT2D eigenvalue weighted by atomic mass is 9.98. The molecule has 0 radical (unpaired) electrons. The van der Waals surface area contributed by atoms with Crippen LogP contribution in [0.1, 0.15) is 47.5 Å². The summed E-state index contributed by atoms with van der Waals surface area (Å²) in [6.07, 6.45) is 1.46. The van der Waals surface area contributed by atoms with Gasteiger partial charge in [0.1, 0.15) is 0 Å². The summed E-state index contributed by atoms with van der Waals surface area (Å²) in [4.78, 5) is 11.5. The van der Waals surface area contributed by atoms with Gasteiger partial charge in [-0.3, -0.25) is 4.79 Å². The van der Waals surface area contributed by atoms with Gasteiger partial charge in [0, 0.05) is 18.0 Å². The fraction of sp³-hybridized carbons (Fsp3) is 0.909. The molecule has 0 aromatic heterocycles. The summed E-state index contributed by atoms with van der Waals surface area (Å²) in [5.41, 5.74) is 5.34. The third kappa shape index (κ3) is 5.97. The number of carbonyl (C=O) groups is 1. The highest BCUT2D eigenvalue weighted by Gasteiger charge is 2.19. The van der Waals surface area contributed by atoms with Gasteiger partial charge in [0.2, 0.25) is 5.91 Å². The molecule has 14 heavy (non-hydrogen) atoms. The molecule has 0 aliphatic carbocycles. The molecule has 0 fully saturated rings. The monoisotopic (exact) mass is 200 g/mol. The fourth-order valence-electron chi connectivity index (χ4n) is 1.21. The second kappa shape index (κ2) is 5.35. The van der Waals surface area contributed by atoms with Crippen LogP contribution >= 0.6 is 0 Å². The smallest absolute Gasteiger partial charge is 0.222 e. The van der Waals surface area contributed by atoms with Gasteiger partial charge >= 0.3 is 0 Å². The van der Waals surface area contributed by atoms with E-state index < -0.39 is 5.54 Å². The Hall–Kier alpha value is -0.570. The minimum Gasteiger partial charge on any atom is -0.353 e. The zero-order chi connectivity index (χ0) is 11.4. The lowest BCUT2D eigenvalue weighted by Crippen LogP contribution is -2.43. The van der Waals surface area contributed by atoms with Gasteiger partial charge in [-0.05, 0) is 26.7 Å². The van der Waals surface area contributed by atoms with Crippen molar-refractivity contribution in [3.63, 3.8) is 0 Å². The number of rotatable bonds is 5. The number of amides is 1. The second-order valence-corrected chi connectivity index (χ2v) is 4.91. The number of nitrogens with one attached hydrogen (secondary N) is 1. The van der Waals surface area contributed by atoms with Crippen LogP contribution in [-0.4, -0.2) is 17.5 Å². The predicted octanol–water partition coefficient (Wildman–Crippen LogP) is 1.66. The first-order valence-corrected chi connectivity index (χ1v) is 5.34. The van der Waals surface area contributed by atoms with Crippen LogP contribution in [0.25, 0.3) is 0 Å². The van der Waals surface area contributed by atoms with E-state index in [1.165, 1.54) is 0 Å². The normalized spacial score (nSPS) is 16.1. The first-order valence-electron chi connectivity index (χ1n) is 5.34. The summed E-state index contributed by atoms with van der Waals surface area (Å²) < 4.78 is 0. The van der Waals surface area contributed by atoms with Gasteiger partial charge in [-0.15, -0.1) is 0 Å². The van der Waals surface area contributed by atoms with Crippen molar-refractivity contribution >= 4 is 5.91 Å². The quantitative estimate of drug-likeness (QED) is 0.709. The largest absolute Gasteiger partial charge is 0.353 e. The maximum Gasteiger partial charge on any atom is 0.222 e. The average Bonchev–Trinajstić information content (AvgIpc) is 1.99. The predicted molar refractivity (Wildman–Crippen MR) is 59.9 cm³/mol. The Bertz CT molecular complexity index is 184. The molecule has 2 unspecified atom stereocenters. The summed E-state index contributed by atoms with van der Waals surface area (Å²) >= 11 is 0. The van der Waals surface area contributed by atoms with E-state index in [9.17, 15) is 4.79 Å². The molecule has 3 heteroatoms. The Balaban J connectivity index is 3.95. The molecule has 3 N–H and O–H groups in total. The van der Waals surface area contributed by atoms with E-state index >= 15 is 0 Å². The first-order chi connectivity index (χ1) is 6.26. The third-order valence-corrected chi connectivity index (χ3v) is 2.50. The molecule has 2 atom stereocenters. The minimum absolute atomic E-state index is 0.0466. The Labute approximate surface area is 87.4 Å². The van der Waals surface area contributed by atoms with E-state index in [1.807, 2.05) is 20.8 Å². The summed E-state index contributed by atoms with van der Waals surface area (Å²) in [5, 5.41) is 2.97. The van der Waals surface area contributed by atoms with Crippen LogP contribution in [0.5, 0.6) is 0 Å². The molecule has 0 aromatic rings. The maximum atomic E-state index is 11.5. The van der Waals surface area contributed by atoms with Crippen LogP contribution in [0.4, 0.5) is 0 Å². The van der Waals surface area contributed by atoms with Gasteiger partial charge < -0.3 is 11.1 Å². The number of hydrogen-bond acceptors (Lipinski definition) is 2. The van der Waals surface area contributed by atoms with Gasteiger partial charge in [-0.2, -0.15) is 0 Å². The van der Waals surface area contributed by atoms with Gasteiger partial charge in [-0.25, -0.2) is 0 Å². The van der Waals surface area contributed by atoms with E-state index in [1.54, 1.807) is 0 Å². The Kier molecular flexibility index (Phi) is 5.13. The summed E-state index contributed by atoms with van der Waals surface area (Å²) in [5.74, 6) is 0.560. The zero-order valence-electron chi connectivity index (χ0n) is 10.1. The average molecular weight is 200 g/mol. The molecule has 0 rings (SSSR count). The molecule has 0 heterocycles. The minimum atomic E-state index is -0.417. The maximum absolute atomic E-state index is 11.5. The van der Waals surface area contributed by atoms with Crippen molar-refractivity contribution in [1.29, 1.82) is 0 Å². The standard InChI is InChI=1S/C11H24N2O/c1-6-8(2)9(3)13-10(14)7-11(4,5)12/h8-9H,6-7,12H2,1-5H3,(H,13,14). The van der Waals surface area contributed by atoms with Gasteiger partial charge in [0.15, 0.2) is 0 Å². The molecule has 3 nitrogen and oxygen atoms in total. The Morgan fingerprint density at radius 1 is 1.43 bits per heavy atom. The molecule has 0 saturated carbocycles. The van der Waals surface area contributed by atoms with Gasteiger partial charge in [0.25, 0.3) is 0 Å². The second-order valence-electron chi connectivity index (χ2n) is 4.91. The first kappa shape index (κ1) is 13.4. The highest BCUT2D eigenvalue weighted by atomic mass is 16.1. The van der Waals surface area contributed by atoms with Crippen LogP contribution in [0, 0.1) is 5.92 Å². The lowest BCUT2D eigenvalue weighted by molar-refractivity contribution is -0.122. The van der Waals surface area contributed by atoms with Gasteiger partial charge in [0.05, 0.1) is 0 Å². The lowest BCUT2D eigenvalue weighted by Gasteiger charge is -2.23. The molecule has 0 aromatic carbocycles. The Morgan fingerprint density at radius 3 is 2.29 bits per heavy atom. The summed E-state index contributed by atoms with van der Waals surface area (Å²) in [7, 11) is 0. The molecule has 1 amide bonds. The van der Waals surface area contributed by atoms with Crippen molar-refractivity contribution in [2.45, 2.75) is 59.0 Å². The Morgan fingerprint density at radius 2 is 1.93 bits per heavy atom. The molecule has 0 saturated heterocycles. The van der Waals surface area contributed by atoms with Crippen molar-refractivity contribution in [1.82, 2.24) is 5.32 Å². The van der Waals surface area contributed by atoms with E-state index in [2.05, 4.69) is 19.2 Å². The van der Waals surface area contributed by atoms with E-state index in [4.69, 9.17) is 5.73 Å². The van der Waals surface area contributed by atoms with E-state index in [0.717, 1.165) is 6.42 Å². The number of hydrogen-bond donors (Lipinski definition) is 2. The molecule has 84 valence electrons. The van der Waals surface area contributed by atoms with Crippen LogP contribution in [0.3, 0.4) is 0 Å². The van der Waals surface area contributed by atoms with Crippen LogP contribution in [0.2, 0.25) is 0 Å². The van der Waals surface area contributed by atoms with Crippen molar-refractivity contribution in [2.75, 3.05) is 0 Å². The van der Waals surface area contributed by atoms with Crippen molar-refractivity contribution < 1.29 is 4.79 Å². The van der Waals surface area contributed by atoms with Gasteiger partial charge in [-0.1, -0.05) is 20.3 Å². The van der Waals surface area contributed by atoms with E-state index in [0.29, 0.717) is 12.3 Å². The summed E-state index contributed by atoms with van der Waals surface area (Å²) in [6, 6.07) is 0.231. The SMILES string of the molecule is CCC(C)C(C)NC(=O)CC(C)(C)N. The molecular weight excluding hydrogens is 176 g/mol. The zero-order valence-corrected chi connectivity index (χ0v) is 10.1. The van der Waals surface area contributed by atoms with Crippen molar-refractivity contribution in [2.24, 2.45) is 11.7 Å². The molecule has 0 aliphatic rings. The van der Waals surface area contributed by atoms with Crippen LogP contribution in [0.15, 0.2) is 0 Å². The molecule has 0 aliphatic heterocycles. The van der Waals surface area contributed by atoms with Crippen molar-refractivity contribution in [3.8, 4) is 0 Å². The number of carbonyl (C=O) groups excluding carboxylic acids is 1. The third-order valence-electron chi connectivity index (χ3n) is 2.50. The molecule has 0 spiro atoms. The van der Waals surface area contributed by atoms with Crippen LogP contribution < -0.4 is 11.1 Å². The van der Waals surface area contributed by atoms with Crippen molar-refractivity contribution in [3.05, 3.63) is 0 Å². The highest BCUT2D eigenvalue weighted by Crippen LogP contribution is 2.08.